The van der Waals surface area contributed by atoms with Crippen molar-refractivity contribution in [1.29, 1.82) is 0 Å². The van der Waals surface area contributed by atoms with Crippen molar-refractivity contribution in [2.24, 2.45) is 21.7 Å². The van der Waals surface area contributed by atoms with E-state index in [0.717, 1.165) is 18.4 Å². The topological polar surface area (TPSA) is 80.7 Å². The minimum Gasteiger partial charge on any atom is -0.481 e. The lowest BCUT2D eigenvalue weighted by atomic mass is 9.45. The number of Topliss-reactive ketones (excluding diaryl/α,β-unsaturated/α-hetero) is 1. The van der Waals surface area contributed by atoms with Crippen molar-refractivity contribution in [3.05, 3.63) is 11.1 Å². The summed E-state index contributed by atoms with van der Waals surface area (Å²) in [6.07, 6.45) is 2.32. The van der Waals surface area contributed by atoms with Crippen LogP contribution in [0.5, 0.6) is 0 Å². The van der Waals surface area contributed by atoms with Gasteiger partial charge in [-0.1, -0.05) is 40.2 Å². The zero-order valence-electron chi connectivity index (χ0n) is 16.7. The molecule has 0 heterocycles. The lowest BCUT2D eigenvalue weighted by Gasteiger charge is -2.58. The molecule has 1 N–H and O–H groups in total. The van der Waals surface area contributed by atoms with E-state index in [4.69, 9.17) is 4.74 Å². The third-order valence-electron chi connectivity index (χ3n) is 6.44. The predicted molar refractivity (Wildman–Crippen MR) is 96.4 cm³/mol. The maximum atomic E-state index is 13.4. The number of hydrogen-bond donors (Lipinski definition) is 1. The fourth-order valence-electron chi connectivity index (χ4n) is 6.46. The molecule has 0 aromatic carbocycles. The highest BCUT2D eigenvalue weighted by atomic mass is 16.5. The molecule has 3 aliphatic rings. The van der Waals surface area contributed by atoms with E-state index in [9.17, 15) is 19.5 Å². The zero-order valence-corrected chi connectivity index (χ0v) is 16.7. The normalized spacial score (nSPS) is 37.8. The van der Waals surface area contributed by atoms with Gasteiger partial charge in [-0.05, 0) is 42.9 Å². The van der Waals surface area contributed by atoms with Crippen LogP contribution in [0.15, 0.2) is 11.1 Å². The van der Waals surface area contributed by atoms with Crippen molar-refractivity contribution in [2.45, 2.75) is 79.8 Å². The van der Waals surface area contributed by atoms with E-state index in [-0.39, 0.29) is 16.6 Å². The van der Waals surface area contributed by atoms with Gasteiger partial charge in [0.2, 0.25) is 5.78 Å². The summed E-state index contributed by atoms with van der Waals surface area (Å²) in [5, 5.41) is 10.2. The molecule has 1 saturated carbocycles. The summed E-state index contributed by atoms with van der Waals surface area (Å²) in [5.74, 6) is -1.72. The minimum absolute atomic E-state index is 0.121. The smallest absolute Gasteiger partial charge is 0.314 e. The van der Waals surface area contributed by atoms with Gasteiger partial charge in [0, 0.05) is 17.9 Å². The highest BCUT2D eigenvalue weighted by molar-refractivity contribution is 6.07. The number of aliphatic carboxylic acids is 1. The molecule has 26 heavy (non-hydrogen) atoms. The first-order valence-electron chi connectivity index (χ1n) is 9.39. The SMILES string of the molecule is CC(=O)OC1C(=O)C2=C(CC3(C)CC(C)(C)CC2(C(=O)O)C3)CC1(C)C. The van der Waals surface area contributed by atoms with Crippen LogP contribution in [0.3, 0.4) is 0 Å². The van der Waals surface area contributed by atoms with Gasteiger partial charge < -0.3 is 9.84 Å². The Bertz CT molecular complexity index is 729. The molecule has 5 heteroatoms. The van der Waals surface area contributed by atoms with E-state index < -0.39 is 28.9 Å². The zero-order chi connectivity index (χ0) is 19.7. The number of carboxylic acid groups (broad SMARTS) is 1. The summed E-state index contributed by atoms with van der Waals surface area (Å²) in [6, 6.07) is 0. The van der Waals surface area contributed by atoms with Gasteiger partial charge in [-0.2, -0.15) is 0 Å². The predicted octanol–water partition coefficient (Wildman–Crippen LogP) is 3.90. The Balaban J connectivity index is 2.20. The molecule has 0 aromatic rings. The summed E-state index contributed by atoms with van der Waals surface area (Å²) in [4.78, 5) is 37.5. The van der Waals surface area contributed by atoms with Crippen LogP contribution in [0.25, 0.3) is 0 Å². The largest absolute Gasteiger partial charge is 0.481 e. The van der Waals surface area contributed by atoms with Crippen LogP contribution in [0, 0.1) is 21.7 Å². The Hall–Kier alpha value is -1.65. The Morgan fingerprint density at radius 1 is 1.04 bits per heavy atom. The summed E-state index contributed by atoms with van der Waals surface area (Å²) in [6.45, 7) is 11.5. The van der Waals surface area contributed by atoms with Gasteiger partial charge in [0.05, 0.1) is 5.41 Å². The van der Waals surface area contributed by atoms with Gasteiger partial charge in [-0.3, -0.25) is 14.4 Å². The van der Waals surface area contributed by atoms with Gasteiger partial charge in [-0.25, -0.2) is 0 Å². The molecule has 2 bridgehead atoms. The number of fused-ring (bicyclic) bond motifs is 3. The van der Waals surface area contributed by atoms with Crippen LogP contribution in [0.1, 0.15) is 73.6 Å². The molecule has 3 unspecified atom stereocenters. The van der Waals surface area contributed by atoms with Crippen LogP contribution in [0.4, 0.5) is 0 Å². The molecule has 0 radical (unpaired) electrons. The Kier molecular flexibility index (Phi) is 3.99. The summed E-state index contributed by atoms with van der Waals surface area (Å²) >= 11 is 0. The van der Waals surface area contributed by atoms with Crippen molar-refractivity contribution in [3.63, 3.8) is 0 Å². The number of carboxylic acids is 1. The van der Waals surface area contributed by atoms with Crippen molar-refractivity contribution < 1.29 is 24.2 Å². The van der Waals surface area contributed by atoms with E-state index in [2.05, 4.69) is 20.8 Å². The Morgan fingerprint density at radius 2 is 1.65 bits per heavy atom. The maximum Gasteiger partial charge on any atom is 0.314 e. The second-order valence-electron chi connectivity index (χ2n) is 10.6. The Morgan fingerprint density at radius 3 is 2.19 bits per heavy atom. The lowest BCUT2D eigenvalue weighted by Crippen LogP contribution is -2.57. The molecular weight excluding hydrogens is 332 g/mol. The molecule has 1 fully saturated rings. The lowest BCUT2D eigenvalue weighted by molar-refractivity contribution is -0.166. The summed E-state index contributed by atoms with van der Waals surface area (Å²) in [7, 11) is 0. The molecule has 3 atom stereocenters. The van der Waals surface area contributed by atoms with Gasteiger partial charge in [-0.15, -0.1) is 0 Å². The number of allylic oxidation sites excluding steroid dienone is 1. The quantitative estimate of drug-likeness (QED) is 0.754. The van der Waals surface area contributed by atoms with Crippen LogP contribution >= 0.6 is 0 Å². The average molecular weight is 362 g/mol. The maximum absolute atomic E-state index is 13.4. The summed E-state index contributed by atoms with van der Waals surface area (Å²) in [5.41, 5.74) is -0.581. The van der Waals surface area contributed by atoms with E-state index >= 15 is 0 Å². The number of hydrogen-bond acceptors (Lipinski definition) is 4. The van der Waals surface area contributed by atoms with Crippen molar-refractivity contribution in [3.8, 4) is 0 Å². The number of esters is 1. The first kappa shape index (κ1) is 19.1. The van der Waals surface area contributed by atoms with E-state index in [0.29, 0.717) is 24.8 Å². The van der Waals surface area contributed by atoms with Crippen LogP contribution < -0.4 is 0 Å². The monoisotopic (exact) mass is 362 g/mol. The fourth-order valence-corrected chi connectivity index (χ4v) is 6.46. The van der Waals surface area contributed by atoms with E-state index in [1.165, 1.54) is 6.92 Å². The number of ketones is 1. The van der Waals surface area contributed by atoms with Crippen LogP contribution in [-0.4, -0.2) is 28.9 Å². The van der Waals surface area contributed by atoms with Crippen LogP contribution in [-0.2, 0) is 19.1 Å². The third-order valence-corrected chi connectivity index (χ3v) is 6.44. The third kappa shape index (κ3) is 2.80. The van der Waals surface area contributed by atoms with Gasteiger partial charge in [0.15, 0.2) is 6.10 Å². The van der Waals surface area contributed by atoms with Crippen LogP contribution in [0.2, 0.25) is 0 Å². The second kappa shape index (κ2) is 5.43. The molecule has 0 aromatic heterocycles. The average Bonchev–Trinajstić information content (AvgIpc) is 2.38. The van der Waals surface area contributed by atoms with Gasteiger partial charge in [0.25, 0.3) is 0 Å². The highest BCUT2D eigenvalue weighted by Crippen LogP contribution is 2.65. The van der Waals surface area contributed by atoms with Gasteiger partial charge >= 0.3 is 11.9 Å². The standard InChI is InChI=1S/C21H30O5/c1-12(22)26-16-15(23)14-13(7-19(16,4)5)8-20(6)9-18(2,3)10-21(14,11-20)17(24)25/h16H,7-11H2,1-6H3,(H,24,25). The van der Waals surface area contributed by atoms with Crippen molar-refractivity contribution >= 4 is 17.7 Å². The van der Waals surface area contributed by atoms with E-state index in [1.54, 1.807) is 0 Å². The molecule has 0 amide bonds. The highest BCUT2D eigenvalue weighted by Gasteiger charge is 2.63. The van der Waals surface area contributed by atoms with Crippen molar-refractivity contribution in [1.82, 2.24) is 0 Å². The number of carbonyl (C=O) groups excluding carboxylic acids is 2. The first-order valence-corrected chi connectivity index (χ1v) is 9.39. The second-order valence-corrected chi connectivity index (χ2v) is 10.6. The fraction of sp³-hybridized carbons (Fsp3) is 0.762. The summed E-state index contributed by atoms with van der Waals surface area (Å²) < 4.78 is 5.39. The molecule has 0 spiro atoms. The Labute approximate surface area is 155 Å². The van der Waals surface area contributed by atoms with Gasteiger partial charge in [0.1, 0.15) is 0 Å². The minimum atomic E-state index is -1.17. The molecule has 5 nitrogen and oxygen atoms in total. The molecule has 144 valence electrons. The van der Waals surface area contributed by atoms with E-state index in [1.807, 2.05) is 13.8 Å². The molecular formula is C21H30O5. The molecule has 3 aliphatic carbocycles. The molecule has 3 rings (SSSR count). The molecule has 0 aliphatic heterocycles. The number of rotatable bonds is 2. The number of ether oxygens (including phenoxy) is 1. The number of carbonyl (C=O) groups is 3. The first-order chi connectivity index (χ1) is 11.7. The van der Waals surface area contributed by atoms with Crippen molar-refractivity contribution in [2.75, 3.05) is 0 Å². The molecule has 0 saturated heterocycles.